The second-order valence-corrected chi connectivity index (χ2v) is 35.2. The molecule has 0 saturated heterocycles. The number of nitrogens with zero attached hydrogens (tertiary/aromatic N) is 2. The summed E-state index contributed by atoms with van der Waals surface area (Å²) in [6.07, 6.45) is 6.92. The minimum Gasteiger partial charge on any atom is -0.872 e. The van der Waals surface area contributed by atoms with Gasteiger partial charge in [0, 0.05) is 67.8 Å². The maximum Gasteiger partial charge on any atom is 0.335 e. The van der Waals surface area contributed by atoms with Crippen LogP contribution < -0.4 is 19.7 Å². The van der Waals surface area contributed by atoms with Gasteiger partial charge in [0.15, 0.2) is 0 Å². The molecule has 11 rings (SSSR count). The van der Waals surface area contributed by atoms with Gasteiger partial charge >= 0.3 is 11.9 Å². The van der Waals surface area contributed by atoms with Crippen molar-refractivity contribution in [3.63, 3.8) is 0 Å². The van der Waals surface area contributed by atoms with E-state index < -0.39 is 33.6 Å². The highest BCUT2D eigenvalue weighted by Gasteiger charge is 2.42. The van der Waals surface area contributed by atoms with E-state index in [-0.39, 0.29) is 56.4 Å². The zero-order chi connectivity index (χ0) is 71.7. The lowest BCUT2D eigenvalue weighted by Gasteiger charge is -2.39. The normalized spacial score (nSPS) is 17.0. The molecule has 8 aromatic rings. The SMILES string of the molecule is CC(C)(C)c1cc(-c2ccc(C(=O)O)cc2)c2c(c1)C(C)(C)c1cc(C(C)(C)C)cc(-c3cc(C=N[C@@H]4CCCC[C@H]4N=Cc4cc(-c5cc(C(C)(C)C)cc6c5Oc5c(-c7ccc(C(=O)O)cc7)cc(C(C)(C)C)cc5C6(C)C)cc(C(C)(C)C)c4[O-])c([O-])c(C(C)(C)C)c3)c1O2. The fourth-order valence-electron chi connectivity index (χ4n) is 14.2. The Morgan fingerprint density at radius 3 is 0.908 bits per heavy atom. The molecule has 2 heterocycles. The van der Waals surface area contributed by atoms with Crippen LogP contribution in [0, 0.1) is 0 Å². The van der Waals surface area contributed by atoms with Gasteiger partial charge in [-0.3, -0.25) is 9.98 Å². The van der Waals surface area contributed by atoms with Gasteiger partial charge in [-0.1, -0.05) is 237 Å². The second kappa shape index (κ2) is 24.6. The highest BCUT2D eigenvalue weighted by atomic mass is 16.5. The number of rotatable bonds is 10. The van der Waals surface area contributed by atoms with Gasteiger partial charge in [0.05, 0.1) is 23.2 Å². The van der Waals surface area contributed by atoms with Gasteiger partial charge in [-0.05, 0) is 173 Å². The Labute approximate surface area is 582 Å². The number of fused-ring (bicyclic) bond motifs is 4. The Bertz CT molecular complexity index is 4280. The molecule has 0 bridgehead atoms. The number of aliphatic imine (C=N–C) groups is 2. The maximum absolute atomic E-state index is 15.1. The highest BCUT2D eigenvalue weighted by molar-refractivity contribution is 5.93. The third kappa shape index (κ3) is 13.4. The van der Waals surface area contributed by atoms with Gasteiger partial charge in [-0.15, -0.1) is 0 Å². The summed E-state index contributed by atoms with van der Waals surface area (Å²) < 4.78 is 14.8. The summed E-state index contributed by atoms with van der Waals surface area (Å²) in [6.45, 7) is 48.0. The molecule has 98 heavy (non-hydrogen) atoms. The summed E-state index contributed by atoms with van der Waals surface area (Å²) in [6, 6.07) is 39.5. The number of benzene rings is 8. The highest BCUT2D eigenvalue weighted by Crippen LogP contribution is 2.59. The van der Waals surface area contributed by atoms with Gasteiger partial charge in [0.25, 0.3) is 0 Å². The summed E-state index contributed by atoms with van der Waals surface area (Å²) in [4.78, 5) is 34.8. The number of hydrogen-bond donors (Lipinski definition) is 2. The number of carbonyl (C=O) groups is 2. The predicted molar refractivity (Wildman–Crippen MR) is 398 cm³/mol. The first-order valence-electron chi connectivity index (χ1n) is 34.9. The van der Waals surface area contributed by atoms with Crippen molar-refractivity contribution in [2.24, 2.45) is 9.98 Å². The summed E-state index contributed by atoms with van der Waals surface area (Å²) in [7, 11) is 0. The van der Waals surface area contributed by atoms with Crippen LogP contribution in [-0.2, 0) is 43.3 Å². The molecular formula is C88H100N2O8-2. The number of hydrogen-bond acceptors (Lipinski definition) is 8. The minimum absolute atomic E-state index is 0.0912. The summed E-state index contributed by atoms with van der Waals surface area (Å²) >= 11 is 0. The average Bonchev–Trinajstić information content (AvgIpc) is 0.720. The number of carboxylic acid groups (broad SMARTS) is 2. The molecule has 1 saturated carbocycles. The van der Waals surface area contributed by atoms with E-state index in [0.717, 1.165) is 115 Å². The zero-order valence-corrected chi connectivity index (χ0v) is 61.9. The van der Waals surface area contributed by atoms with E-state index in [4.69, 9.17) is 19.5 Å². The third-order valence-electron chi connectivity index (χ3n) is 20.8. The van der Waals surface area contributed by atoms with E-state index >= 15 is 10.2 Å². The average molecular weight is 1310 g/mol. The van der Waals surface area contributed by atoms with Crippen LogP contribution in [-0.4, -0.2) is 46.7 Å². The van der Waals surface area contributed by atoms with Crippen LogP contribution in [0.15, 0.2) is 131 Å². The Balaban J connectivity index is 1.01. The lowest BCUT2D eigenvalue weighted by atomic mass is 9.70. The van der Waals surface area contributed by atoms with Gasteiger partial charge in [-0.2, -0.15) is 0 Å². The monoisotopic (exact) mass is 1310 g/mol. The molecular weight excluding hydrogens is 1210 g/mol. The number of carboxylic acids is 2. The largest absolute Gasteiger partial charge is 0.872 e. The smallest absolute Gasteiger partial charge is 0.335 e. The molecule has 1 aliphatic carbocycles. The molecule has 2 aliphatic heterocycles. The molecule has 0 amide bonds. The quantitative estimate of drug-likeness (QED) is 0.128. The molecule has 10 nitrogen and oxygen atoms in total. The first-order valence-corrected chi connectivity index (χ1v) is 34.9. The van der Waals surface area contributed by atoms with Crippen molar-refractivity contribution < 1.29 is 39.5 Å². The fraction of sp³-hybridized carbons (Fsp3) is 0.409. The van der Waals surface area contributed by atoms with E-state index in [1.807, 2.05) is 48.5 Å². The number of aromatic carboxylic acids is 2. The topological polar surface area (TPSA) is 164 Å². The van der Waals surface area contributed by atoms with E-state index in [0.29, 0.717) is 45.3 Å². The van der Waals surface area contributed by atoms with Crippen LogP contribution in [0.2, 0.25) is 0 Å². The molecule has 10 heteroatoms. The van der Waals surface area contributed by atoms with E-state index in [1.165, 1.54) is 0 Å². The van der Waals surface area contributed by atoms with Crippen molar-refractivity contribution in [1.29, 1.82) is 0 Å². The summed E-state index contributed by atoms with van der Waals surface area (Å²) in [5, 5.41) is 50.0. The molecule has 0 spiro atoms. The van der Waals surface area contributed by atoms with E-state index in [9.17, 15) is 19.8 Å². The molecule has 2 atom stereocenters. The molecule has 0 unspecified atom stereocenters. The Morgan fingerprint density at radius 1 is 0.398 bits per heavy atom. The Hall–Kier alpha value is -8.76. The van der Waals surface area contributed by atoms with Crippen molar-refractivity contribution in [1.82, 2.24) is 0 Å². The van der Waals surface area contributed by atoms with Gasteiger partial charge < -0.3 is 29.9 Å². The van der Waals surface area contributed by atoms with Crippen LogP contribution in [0.4, 0.5) is 0 Å². The van der Waals surface area contributed by atoms with Crippen molar-refractivity contribution in [3.05, 3.63) is 199 Å². The van der Waals surface area contributed by atoms with Crippen molar-refractivity contribution in [3.8, 4) is 79.0 Å². The van der Waals surface area contributed by atoms with Crippen LogP contribution in [0.5, 0.6) is 34.5 Å². The standard InChI is InChI=1S/C88H102N2O8/c1-81(2,3)57-39-61(49-27-31-51(32-28-49)79(93)94)75-67(43-57)87(19,20)69-45-59(83(7,8)9)41-63(77(69)97-75)53-35-55(73(91)65(37-53)85(13,14)15)47-89-71-25-23-24-26-72(71)90-48-56-36-54(38-66(74(56)92)86(16,17)18)64-42-60(84(10,11)12)46-70-78(64)98-76-62(50-29-33-52(34-30-50)80(95)96)40-58(82(4,5)6)44-68(76)88(70,21)22/h27-48,71-72,91-92H,23-26H2,1-22H3,(H,93,94)(H,95,96)/p-2/t71-,72-/m1/s1. The van der Waals surface area contributed by atoms with Crippen LogP contribution >= 0.6 is 0 Å². The fourth-order valence-corrected chi connectivity index (χ4v) is 14.2. The van der Waals surface area contributed by atoms with Crippen LogP contribution in [0.25, 0.3) is 44.5 Å². The van der Waals surface area contributed by atoms with Crippen molar-refractivity contribution in [2.45, 2.75) is 233 Å². The molecule has 0 radical (unpaired) electrons. The van der Waals surface area contributed by atoms with Gasteiger partial charge in [0.2, 0.25) is 0 Å². The Kier molecular flexibility index (Phi) is 17.7. The minimum atomic E-state index is -0.989. The first-order chi connectivity index (χ1) is 45.3. The first kappa shape index (κ1) is 70.6. The lowest BCUT2D eigenvalue weighted by Crippen LogP contribution is -2.28. The maximum atomic E-state index is 15.1. The zero-order valence-electron chi connectivity index (χ0n) is 61.9. The molecule has 2 N–H and O–H groups in total. The summed E-state index contributed by atoms with van der Waals surface area (Å²) in [5.74, 6) is 0.671. The second-order valence-electron chi connectivity index (χ2n) is 35.2. The molecule has 3 aliphatic rings. The Morgan fingerprint density at radius 2 is 0.663 bits per heavy atom. The van der Waals surface area contributed by atoms with Gasteiger partial charge in [-0.25, -0.2) is 9.59 Å². The van der Waals surface area contributed by atoms with Crippen LogP contribution in [0.3, 0.4) is 0 Å². The lowest BCUT2D eigenvalue weighted by molar-refractivity contribution is -0.270. The molecule has 512 valence electrons. The predicted octanol–water partition coefficient (Wildman–Crippen LogP) is 21.4. The third-order valence-corrected chi connectivity index (χ3v) is 20.8. The van der Waals surface area contributed by atoms with Crippen molar-refractivity contribution >= 4 is 24.4 Å². The van der Waals surface area contributed by atoms with Crippen LogP contribution in [0.1, 0.15) is 265 Å². The van der Waals surface area contributed by atoms with Crippen molar-refractivity contribution in [2.75, 3.05) is 0 Å². The molecule has 1 fully saturated rings. The van der Waals surface area contributed by atoms with Gasteiger partial charge in [0.1, 0.15) is 23.0 Å². The number of ether oxygens (including phenoxy) is 2. The molecule has 0 aromatic heterocycles. The molecule has 8 aromatic carbocycles. The summed E-state index contributed by atoms with van der Waals surface area (Å²) in [5.41, 5.74) is 14.9. The van der Waals surface area contributed by atoms with E-state index in [2.05, 4.69) is 201 Å². The van der Waals surface area contributed by atoms with E-state index in [1.54, 1.807) is 36.7 Å².